The molecule has 0 N–H and O–H groups in total. The summed E-state index contributed by atoms with van der Waals surface area (Å²) in [5.41, 5.74) is 1.47. The van der Waals surface area contributed by atoms with Crippen molar-refractivity contribution in [2.24, 2.45) is 5.92 Å². The Morgan fingerprint density at radius 2 is 2.25 bits per heavy atom. The first-order valence-electron chi connectivity index (χ1n) is 4.91. The van der Waals surface area contributed by atoms with Crippen LogP contribution in [0, 0.1) is 5.92 Å². The summed E-state index contributed by atoms with van der Waals surface area (Å²) < 4.78 is 2.34. The van der Waals surface area contributed by atoms with Crippen LogP contribution in [0.1, 0.15) is 38.2 Å². The highest BCUT2D eigenvalue weighted by Crippen LogP contribution is 2.30. The average Bonchev–Trinajstić information content (AvgIpc) is 2.66. The van der Waals surface area contributed by atoms with E-state index in [0.29, 0.717) is 5.92 Å². The molecular weight excluding hydrogens is 146 g/mol. The van der Waals surface area contributed by atoms with Gasteiger partial charge in [-0.25, -0.2) is 0 Å². The van der Waals surface area contributed by atoms with Gasteiger partial charge in [0, 0.05) is 18.9 Å². The molecule has 1 fully saturated rings. The van der Waals surface area contributed by atoms with Crippen molar-refractivity contribution >= 4 is 0 Å². The number of nitrogens with zero attached hydrogens (tertiary/aromatic N) is 1. The number of rotatable bonds is 3. The van der Waals surface area contributed by atoms with Crippen molar-refractivity contribution in [3.63, 3.8) is 0 Å². The lowest BCUT2D eigenvalue weighted by Gasteiger charge is -2.01. The van der Waals surface area contributed by atoms with Gasteiger partial charge in [-0.15, -0.1) is 0 Å². The van der Waals surface area contributed by atoms with Crippen LogP contribution in [-0.2, 0) is 6.54 Å². The van der Waals surface area contributed by atoms with Gasteiger partial charge in [-0.3, -0.25) is 0 Å². The molecule has 0 radical (unpaired) electrons. The Morgan fingerprint density at radius 1 is 1.50 bits per heavy atom. The molecule has 0 atom stereocenters. The van der Waals surface area contributed by atoms with Gasteiger partial charge in [-0.2, -0.15) is 0 Å². The highest BCUT2D eigenvalue weighted by atomic mass is 14.9. The van der Waals surface area contributed by atoms with Crippen LogP contribution < -0.4 is 0 Å². The molecule has 0 amide bonds. The van der Waals surface area contributed by atoms with Crippen LogP contribution >= 0.6 is 0 Å². The van der Waals surface area contributed by atoms with E-state index in [4.69, 9.17) is 0 Å². The molecule has 1 nitrogen and oxygen atoms in total. The Labute approximate surface area is 74.4 Å². The number of hydrogen-bond donors (Lipinski definition) is 0. The Morgan fingerprint density at radius 3 is 2.75 bits per heavy atom. The summed E-state index contributed by atoms with van der Waals surface area (Å²) in [4.78, 5) is 0. The van der Waals surface area contributed by atoms with E-state index in [-0.39, 0.29) is 0 Å². The summed E-state index contributed by atoms with van der Waals surface area (Å²) in [5, 5.41) is 0. The van der Waals surface area contributed by atoms with Crippen molar-refractivity contribution < 1.29 is 0 Å². The van der Waals surface area contributed by atoms with E-state index in [9.17, 15) is 0 Å². The maximum absolute atomic E-state index is 2.34. The zero-order valence-electron chi connectivity index (χ0n) is 7.96. The zero-order valence-corrected chi connectivity index (χ0v) is 7.96. The van der Waals surface area contributed by atoms with Crippen molar-refractivity contribution in [1.82, 2.24) is 4.57 Å². The smallest absolute Gasteiger partial charge is 0.0248 e. The second kappa shape index (κ2) is 2.96. The van der Waals surface area contributed by atoms with E-state index < -0.39 is 0 Å². The predicted octanol–water partition coefficient (Wildman–Crippen LogP) is 3.02. The maximum Gasteiger partial charge on any atom is 0.0248 e. The minimum atomic E-state index is 0.672. The molecule has 0 aliphatic heterocycles. The molecule has 1 aromatic rings. The molecule has 1 saturated carbocycles. The van der Waals surface area contributed by atoms with Crippen molar-refractivity contribution in [2.75, 3.05) is 0 Å². The van der Waals surface area contributed by atoms with Crippen LogP contribution in [0.5, 0.6) is 0 Å². The third-order valence-electron chi connectivity index (χ3n) is 2.61. The molecule has 2 rings (SSSR count). The molecule has 0 aromatic carbocycles. The van der Waals surface area contributed by atoms with E-state index in [1.807, 2.05) is 0 Å². The van der Waals surface area contributed by atoms with E-state index in [2.05, 4.69) is 36.9 Å². The number of hydrogen-bond acceptors (Lipinski definition) is 0. The summed E-state index contributed by atoms with van der Waals surface area (Å²) in [6.45, 7) is 5.74. The predicted molar refractivity (Wildman–Crippen MR) is 51.2 cm³/mol. The first-order chi connectivity index (χ1) is 5.75. The van der Waals surface area contributed by atoms with Gasteiger partial charge >= 0.3 is 0 Å². The second-order valence-electron chi connectivity index (χ2n) is 4.24. The highest BCUT2D eigenvalue weighted by Gasteiger charge is 2.21. The molecular formula is C11H17N. The summed E-state index contributed by atoms with van der Waals surface area (Å²) in [5.74, 6) is 1.66. The van der Waals surface area contributed by atoms with E-state index in [1.165, 1.54) is 24.9 Å². The van der Waals surface area contributed by atoms with Gasteiger partial charge in [-0.05, 0) is 36.3 Å². The Balaban J connectivity index is 2.02. The van der Waals surface area contributed by atoms with Gasteiger partial charge in [0.2, 0.25) is 0 Å². The van der Waals surface area contributed by atoms with Crippen LogP contribution in [0.15, 0.2) is 18.5 Å². The van der Waals surface area contributed by atoms with Crippen molar-refractivity contribution in [2.45, 2.75) is 39.2 Å². The molecule has 0 bridgehead atoms. The molecule has 0 saturated heterocycles. The van der Waals surface area contributed by atoms with Crippen LogP contribution in [0.25, 0.3) is 0 Å². The normalized spacial score (nSPS) is 17.2. The molecule has 1 heteroatoms. The first-order valence-corrected chi connectivity index (χ1v) is 4.91. The molecule has 12 heavy (non-hydrogen) atoms. The molecule has 0 spiro atoms. The summed E-state index contributed by atoms with van der Waals surface area (Å²) in [7, 11) is 0. The summed E-state index contributed by atoms with van der Waals surface area (Å²) in [6, 6.07) is 2.24. The monoisotopic (exact) mass is 163 g/mol. The Bertz CT molecular complexity index is 256. The Kier molecular flexibility index (Phi) is 1.95. The molecule has 1 aromatic heterocycles. The minimum absolute atomic E-state index is 0.672. The zero-order chi connectivity index (χ0) is 8.55. The van der Waals surface area contributed by atoms with Crippen LogP contribution in [-0.4, -0.2) is 4.57 Å². The van der Waals surface area contributed by atoms with Gasteiger partial charge in [0.05, 0.1) is 0 Å². The third kappa shape index (κ3) is 1.71. The molecule has 1 aliphatic rings. The lowest BCUT2D eigenvalue weighted by molar-refractivity contribution is 0.627. The number of aromatic nitrogens is 1. The minimum Gasteiger partial charge on any atom is -0.354 e. The molecule has 66 valence electrons. The standard InChI is InChI=1S/C11H17N/c1-9(2)11-5-6-12(8-11)7-10-3-4-10/h5-6,8-10H,3-4,7H2,1-2H3. The third-order valence-corrected chi connectivity index (χ3v) is 2.61. The molecule has 1 heterocycles. The topological polar surface area (TPSA) is 4.93 Å². The second-order valence-corrected chi connectivity index (χ2v) is 4.24. The summed E-state index contributed by atoms with van der Waals surface area (Å²) in [6.07, 6.45) is 7.39. The van der Waals surface area contributed by atoms with Gasteiger partial charge < -0.3 is 4.57 Å². The Hall–Kier alpha value is -0.720. The average molecular weight is 163 g/mol. The van der Waals surface area contributed by atoms with Crippen LogP contribution in [0.4, 0.5) is 0 Å². The maximum atomic E-state index is 2.34. The highest BCUT2D eigenvalue weighted by molar-refractivity contribution is 5.14. The van der Waals surface area contributed by atoms with Gasteiger partial charge in [0.15, 0.2) is 0 Å². The fourth-order valence-corrected chi connectivity index (χ4v) is 1.51. The molecule has 1 aliphatic carbocycles. The fourth-order valence-electron chi connectivity index (χ4n) is 1.51. The van der Waals surface area contributed by atoms with Crippen LogP contribution in [0.2, 0.25) is 0 Å². The van der Waals surface area contributed by atoms with Gasteiger partial charge in [-0.1, -0.05) is 13.8 Å². The lowest BCUT2D eigenvalue weighted by atomic mass is 10.1. The largest absolute Gasteiger partial charge is 0.354 e. The van der Waals surface area contributed by atoms with Crippen LogP contribution in [0.3, 0.4) is 0 Å². The van der Waals surface area contributed by atoms with E-state index in [0.717, 1.165) is 5.92 Å². The van der Waals surface area contributed by atoms with E-state index >= 15 is 0 Å². The van der Waals surface area contributed by atoms with Crippen molar-refractivity contribution in [3.8, 4) is 0 Å². The van der Waals surface area contributed by atoms with Crippen molar-refractivity contribution in [3.05, 3.63) is 24.0 Å². The fraction of sp³-hybridized carbons (Fsp3) is 0.636. The molecule has 0 unspecified atom stereocenters. The van der Waals surface area contributed by atoms with Gasteiger partial charge in [0.25, 0.3) is 0 Å². The van der Waals surface area contributed by atoms with E-state index in [1.54, 1.807) is 0 Å². The lowest BCUT2D eigenvalue weighted by Crippen LogP contribution is -1.95. The summed E-state index contributed by atoms with van der Waals surface area (Å²) >= 11 is 0. The van der Waals surface area contributed by atoms with Crippen molar-refractivity contribution in [1.29, 1.82) is 0 Å². The quantitative estimate of drug-likeness (QED) is 0.645. The SMILES string of the molecule is CC(C)c1ccn(CC2CC2)c1. The van der Waals surface area contributed by atoms with Gasteiger partial charge in [0.1, 0.15) is 0 Å². The first kappa shape index (κ1) is 7.90.